The van der Waals surface area contributed by atoms with Crippen LogP contribution in [0.3, 0.4) is 0 Å². The van der Waals surface area contributed by atoms with Crippen molar-refractivity contribution in [1.82, 2.24) is 0 Å². The SMILES string of the molecule is Cc1ccsc1C(=O)OCC(=O)Nc1sc2c(c1C#N)CC[C@H](C)C2. The Labute approximate surface area is 154 Å². The number of amides is 1. The highest BCUT2D eigenvalue weighted by Gasteiger charge is 2.25. The van der Waals surface area contributed by atoms with Gasteiger partial charge in [0.1, 0.15) is 15.9 Å². The van der Waals surface area contributed by atoms with Crippen molar-refractivity contribution >= 4 is 39.6 Å². The van der Waals surface area contributed by atoms with Crippen molar-refractivity contribution in [2.75, 3.05) is 11.9 Å². The minimum Gasteiger partial charge on any atom is -0.451 e. The summed E-state index contributed by atoms with van der Waals surface area (Å²) in [6.07, 6.45) is 2.87. The number of fused-ring (bicyclic) bond motifs is 1. The summed E-state index contributed by atoms with van der Waals surface area (Å²) in [5.74, 6) is -0.329. The van der Waals surface area contributed by atoms with E-state index >= 15 is 0 Å². The number of nitrogens with one attached hydrogen (secondary N) is 1. The van der Waals surface area contributed by atoms with Crippen LogP contribution in [-0.2, 0) is 22.4 Å². The molecule has 0 saturated heterocycles. The Morgan fingerprint density at radius 2 is 2.28 bits per heavy atom. The quantitative estimate of drug-likeness (QED) is 0.823. The maximum absolute atomic E-state index is 12.1. The third kappa shape index (κ3) is 3.75. The predicted octanol–water partition coefficient (Wildman–Crippen LogP) is 3.91. The van der Waals surface area contributed by atoms with Gasteiger partial charge in [-0.15, -0.1) is 22.7 Å². The van der Waals surface area contributed by atoms with Gasteiger partial charge in [0, 0.05) is 4.88 Å². The predicted molar refractivity (Wildman–Crippen MR) is 98.2 cm³/mol. The van der Waals surface area contributed by atoms with E-state index in [1.807, 2.05) is 18.4 Å². The number of rotatable bonds is 4. The van der Waals surface area contributed by atoms with Gasteiger partial charge in [-0.1, -0.05) is 6.92 Å². The van der Waals surface area contributed by atoms with Crippen molar-refractivity contribution in [3.63, 3.8) is 0 Å². The number of hydrogen-bond acceptors (Lipinski definition) is 6. The highest BCUT2D eigenvalue weighted by molar-refractivity contribution is 7.16. The third-order valence-electron chi connectivity index (χ3n) is 4.26. The van der Waals surface area contributed by atoms with Gasteiger partial charge in [-0.2, -0.15) is 5.26 Å². The highest BCUT2D eigenvalue weighted by atomic mass is 32.1. The maximum Gasteiger partial charge on any atom is 0.349 e. The molecular formula is C18H18N2O3S2. The van der Waals surface area contributed by atoms with Crippen molar-refractivity contribution < 1.29 is 14.3 Å². The van der Waals surface area contributed by atoms with Crippen LogP contribution in [-0.4, -0.2) is 18.5 Å². The smallest absolute Gasteiger partial charge is 0.349 e. The number of nitrogens with zero attached hydrogens (tertiary/aromatic N) is 1. The zero-order valence-electron chi connectivity index (χ0n) is 14.0. The molecule has 7 heteroatoms. The molecule has 0 spiro atoms. The summed E-state index contributed by atoms with van der Waals surface area (Å²) >= 11 is 2.75. The molecule has 0 radical (unpaired) electrons. The zero-order valence-corrected chi connectivity index (χ0v) is 15.7. The van der Waals surface area contributed by atoms with E-state index in [2.05, 4.69) is 18.3 Å². The van der Waals surface area contributed by atoms with Gasteiger partial charge in [0.05, 0.1) is 5.56 Å². The van der Waals surface area contributed by atoms with Crippen LogP contribution in [0.25, 0.3) is 0 Å². The number of anilines is 1. The van der Waals surface area contributed by atoms with E-state index in [4.69, 9.17) is 4.74 Å². The third-order valence-corrected chi connectivity index (χ3v) is 6.42. The summed E-state index contributed by atoms with van der Waals surface area (Å²) in [5, 5.41) is 14.5. The second-order valence-corrected chi connectivity index (χ2v) is 8.25. The molecule has 5 nitrogen and oxygen atoms in total. The minimum atomic E-state index is -0.498. The molecule has 0 unspecified atom stereocenters. The molecule has 2 heterocycles. The van der Waals surface area contributed by atoms with Crippen molar-refractivity contribution in [3.05, 3.63) is 37.9 Å². The molecule has 25 heavy (non-hydrogen) atoms. The first-order valence-corrected chi connectivity index (χ1v) is 9.75. The summed E-state index contributed by atoms with van der Waals surface area (Å²) in [4.78, 5) is 25.8. The van der Waals surface area contributed by atoms with Gasteiger partial charge in [-0.05, 0) is 54.7 Å². The van der Waals surface area contributed by atoms with E-state index < -0.39 is 11.9 Å². The molecule has 0 aromatic carbocycles. The zero-order chi connectivity index (χ0) is 18.0. The van der Waals surface area contributed by atoms with Gasteiger partial charge in [-0.25, -0.2) is 4.79 Å². The van der Waals surface area contributed by atoms with E-state index in [-0.39, 0.29) is 6.61 Å². The Hall–Kier alpha value is -2.17. The molecule has 3 rings (SSSR count). The van der Waals surface area contributed by atoms with E-state index in [1.165, 1.54) is 27.6 Å². The molecule has 2 aromatic rings. The van der Waals surface area contributed by atoms with Crippen LogP contribution >= 0.6 is 22.7 Å². The van der Waals surface area contributed by atoms with Crippen LogP contribution in [0.5, 0.6) is 0 Å². The van der Waals surface area contributed by atoms with E-state index in [9.17, 15) is 14.9 Å². The van der Waals surface area contributed by atoms with Crippen LogP contribution in [0.2, 0.25) is 0 Å². The monoisotopic (exact) mass is 374 g/mol. The number of carbonyl (C=O) groups is 2. The van der Waals surface area contributed by atoms with Gasteiger partial charge >= 0.3 is 5.97 Å². The van der Waals surface area contributed by atoms with Crippen molar-refractivity contribution in [3.8, 4) is 6.07 Å². The number of esters is 1. The Bertz CT molecular complexity index is 860. The number of nitriles is 1. The Kier molecular flexibility index (Phi) is 5.21. The molecule has 0 aliphatic heterocycles. The summed E-state index contributed by atoms with van der Waals surface area (Å²) in [6, 6.07) is 4.04. The van der Waals surface area contributed by atoms with Crippen molar-refractivity contribution in [1.29, 1.82) is 5.26 Å². The van der Waals surface area contributed by atoms with Crippen LogP contribution in [0, 0.1) is 24.2 Å². The Balaban J connectivity index is 1.65. The first-order valence-electron chi connectivity index (χ1n) is 8.05. The maximum atomic E-state index is 12.1. The number of aryl methyl sites for hydroxylation is 1. The van der Waals surface area contributed by atoms with Gasteiger partial charge in [0.25, 0.3) is 5.91 Å². The van der Waals surface area contributed by atoms with Crippen LogP contribution in [0.4, 0.5) is 5.00 Å². The topological polar surface area (TPSA) is 79.2 Å². The Morgan fingerprint density at radius 3 is 2.96 bits per heavy atom. The molecule has 1 N–H and O–H groups in total. The molecule has 0 saturated carbocycles. The molecule has 0 fully saturated rings. The number of ether oxygens (including phenoxy) is 1. The fraction of sp³-hybridized carbons (Fsp3) is 0.389. The number of thiophene rings is 2. The molecule has 1 atom stereocenters. The lowest BCUT2D eigenvalue weighted by Crippen LogP contribution is -2.20. The first-order chi connectivity index (χ1) is 12.0. The minimum absolute atomic E-state index is 0.361. The first kappa shape index (κ1) is 17.6. The van der Waals surface area contributed by atoms with Crippen LogP contribution < -0.4 is 5.32 Å². The Morgan fingerprint density at radius 1 is 1.48 bits per heavy atom. The summed E-state index contributed by atoms with van der Waals surface area (Å²) in [5.41, 5.74) is 2.45. The van der Waals surface area contributed by atoms with Gasteiger partial charge in [-0.3, -0.25) is 4.79 Å². The standard InChI is InChI=1S/C18H18N2O3S2/c1-10-3-4-12-13(8-19)17(25-14(12)7-10)20-15(21)9-23-18(22)16-11(2)5-6-24-16/h5-6,10H,3-4,7,9H2,1-2H3,(H,20,21)/t10-/m0/s1. The normalized spacial score (nSPS) is 16.0. The second kappa shape index (κ2) is 7.38. The molecule has 130 valence electrons. The fourth-order valence-corrected chi connectivity index (χ4v) is 5.09. The fourth-order valence-electron chi connectivity index (χ4n) is 2.90. The van der Waals surface area contributed by atoms with Gasteiger partial charge in [0.15, 0.2) is 6.61 Å². The second-order valence-electron chi connectivity index (χ2n) is 6.22. The molecule has 2 aromatic heterocycles. The lowest BCUT2D eigenvalue weighted by molar-refractivity contribution is -0.119. The number of hydrogen-bond donors (Lipinski definition) is 1. The average Bonchev–Trinajstić information content (AvgIpc) is 3.15. The average molecular weight is 374 g/mol. The molecule has 1 aliphatic carbocycles. The summed E-state index contributed by atoms with van der Waals surface area (Å²) in [6.45, 7) is 3.66. The lowest BCUT2D eigenvalue weighted by Gasteiger charge is -2.17. The van der Waals surface area contributed by atoms with Gasteiger partial charge in [0.2, 0.25) is 0 Å². The van der Waals surface area contributed by atoms with E-state index in [0.29, 0.717) is 21.4 Å². The van der Waals surface area contributed by atoms with Crippen molar-refractivity contribution in [2.45, 2.75) is 33.1 Å². The summed E-state index contributed by atoms with van der Waals surface area (Å²) in [7, 11) is 0. The molecule has 0 bridgehead atoms. The van der Waals surface area contributed by atoms with E-state index in [0.717, 1.165) is 30.4 Å². The van der Waals surface area contributed by atoms with Gasteiger partial charge < -0.3 is 10.1 Å². The summed E-state index contributed by atoms with van der Waals surface area (Å²) < 4.78 is 5.08. The van der Waals surface area contributed by atoms with Crippen LogP contribution in [0.15, 0.2) is 11.4 Å². The lowest BCUT2D eigenvalue weighted by atomic mass is 9.89. The number of carbonyl (C=O) groups excluding carboxylic acids is 2. The van der Waals surface area contributed by atoms with E-state index in [1.54, 1.807) is 0 Å². The van der Waals surface area contributed by atoms with Crippen molar-refractivity contribution in [2.24, 2.45) is 5.92 Å². The van der Waals surface area contributed by atoms with Crippen LogP contribution in [0.1, 0.15) is 44.6 Å². The highest BCUT2D eigenvalue weighted by Crippen LogP contribution is 2.39. The molecule has 1 amide bonds. The molecule has 1 aliphatic rings. The molecular weight excluding hydrogens is 356 g/mol. The largest absolute Gasteiger partial charge is 0.451 e.